The molecule has 1 heterocycles. The number of hydrogen-bond donors (Lipinski definition) is 1. The summed E-state index contributed by atoms with van der Waals surface area (Å²) in [6.45, 7) is 1.87. The number of benzene rings is 1. The Balaban J connectivity index is 2.23. The minimum atomic E-state index is -0.718. The summed E-state index contributed by atoms with van der Waals surface area (Å²) in [6, 6.07) is 5.30. The van der Waals surface area contributed by atoms with Crippen LogP contribution in [-0.2, 0) is 16.0 Å². The van der Waals surface area contributed by atoms with Gasteiger partial charge in [0.2, 0.25) is 0 Å². The lowest BCUT2D eigenvalue weighted by atomic mass is 10.1. The number of halogens is 1. The Morgan fingerprint density at radius 3 is 2.70 bits per heavy atom. The van der Waals surface area contributed by atoms with Crippen molar-refractivity contribution in [3.05, 3.63) is 47.5 Å². The van der Waals surface area contributed by atoms with Crippen molar-refractivity contribution in [1.82, 2.24) is 9.78 Å². The summed E-state index contributed by atoms with van der Waals surface area (Å²) in [5.41, 5.74) is 8.20. The Bertz CT molecular complexity index is 607. The Morgan fingerprint density at radius 1 is 1.45 bits per heavy atom. The smallest absolute Gasteiger partial charge is 0.322 e. The fraction of sp³-hybridized carbons (Fsp3) is 0.286. The van der Waals surface area contributed by atoms with Crippen LogP contribution in [0, 0.1) is 12.7 Å². The fourth-order valence-corrected chi connectivity index (χ4v) is 1.96. The van der Waals surface area contributed by atoms with Gasteiger partial charge in [0.1, 0.15) is 11.9 Å². The van der Waals surface area contributed by atoms with E-state index in [1.165, 1.54) is 19.2 Å². The third-order valence-electron chi connectivity index (χ3n) is 3.13. The second-order valence-electron chi connectivity index (χ2n) is 4.48. The van der Waals surface area contributed by atoms with Crippen LogP contribution < -0.4 is 5.73 Å². The summed E-state index contributed by atoms with van der Waals surface area (Å²) in [4.78, 5) is 11.3. The van der Waals surface area contributed by atoms with Crippen molar-refractivity contribution in [2.24, 2.45) is 5.73 Å². The summed E-state index contributed by atoms with van der Waals surface area (Å²) in [6.07, 6.45) is 2.00. The van der Waals surface area contributed by atoms with Crippen LogP contribution in [0.2, 0.25) is 0 Å². The molecule has 106 valence electrons. The summed E-state index contributed by atoms with van der Waals surface area (Å²) >= 11 is 0. The van der Waals surface area contributed by atoms with Crippen molar-refractivity contribution in [2.75, 3.05) is 7.11 Å². The van der Waals surface area contributed by atoms with E-state index in [0.717, 1.165) is 16.9 Å². The number of nitrogens with zero attached hydrogens (tertiary/aromatic N) is 2. The molecule has 0 amide bonds. The van der Waals surface area contributed by atoms with Gasteiger partial charge >= 0.3 is 5.97 Å². The van der Waals surface area contributed by atoms with E-state index in [1.807, 2.05) is 6.92 Å². The highest BCUT2D eigenvalue weighted by Gasteiger charge is 2.17. The first-order valence-electron chi connectivity index (χ1n) is 6.15. The van der Waals surface area contributed by atoms with Crippen molar-refractivity contribution in [3.63, 3.8) is 0 Å². The van der Waals surface area contributed by atoms with E-state index in [9.17, 15) is 9.18 Å². The molecule has 0 aliphatic heterocycles. The second-order valence-corrected chi connectivity index (χ2v) is 4.48. The van der Waals surface area contributed by atoms with E-state index in [-0.39, 0.29) is 5.82 Å². The molecule has 5 nitrogen and oxygen atoms in total. The topological polar surface area (TPSA) is 70.1 Å². The number of rotatable bonds is 4. The minimum Gasteiger partial charge on any atom is -0.468 e. The van der Waals surface area contributed by atoms with E-state index < -0.39 is 12.0 Å². The van der Waals surface area contributed by atoms with E-state index >= 15 is 0 Å². The number of hydrogen-bond acceptors (Lipinski definition) is 4. The molecule has 0 bridgehead atoms. The zero-order valence-corrected chi connectivity index (χ0v) is 11.3. The normalized spacial score (nSPS) is 12.2. The highest BCUT2D eigenvalue weighted by molar-refractivity contribution is 5.75. The molecule has 0 aliphatic rings. The Kier molecular flexibility index (Phi) is 4.14. The molecular formula is C14H16FN3O2. The lowest BCUT2D eigenvalue weighted by Gasteiger charge is -2.09. The molecule has 0 aliphatic carbocycles. The molecule has 6 heteroatoms. The van der Waals surface area contributed by atoms with Gasteiger partial charge in [-0.3, -0.25) is 4.79 Å². The van der Waals surface area contributed by atoms with Gasteiger partial charge in [0, 0.05) is 12.1 Å². The molecule has 1 aromatic heterocycles. The summed E-state index contributed by atoms with van der Waals surface area (Å²) in [5, 5.41) is 4.24. The highest BCUT2D eigenvalue weighted by atomic mass is 19.1. The van der Waals surface area contributed by atoms with Gasteiger partial charge in [-0.05, 0) is 36.8 Å². The minimum absolute atomic E-state index is 0.300. The molecular weight excluding hydrogens is 261 g/mol. The predicted octanol–water partition coefficient (Wildman–Crippen LogP) is 1.36. The van der Waals surface area contributed by atoms with Crippen molar-refractivity contribution in [3.8, 4) is 5.69 Å². The zero-order valence-electron chi connectivity index (χ0n) is 11.3. The van der Waals surface area contributed by atoms with Crippen LogP contribution >= 0.6 is 0 Å². The zero-order chi connectivity index (χ0) is 14.7. The summed E-state index contributed by atoms with van der Waals surface area (Å²) in [5.74, 6) is -0.759. The molecule has 2 rings (SSSR count). The highest BCUT2D eigenvalue weighted by Crippen LogP contribution is 2.16. The molecule has 1 atom stereocenters. The third kappa shape index (κ3) is 2.85. The summed E-state index contributed by atoms with van der Waals surface area (Å²) in [7, 11) is 1.30. The molecule has 20 heavy (non-hydrogen) atoms. The van der Waals surface area contributed by atoms with Gasteiger partial charge in [0.25, 0.3) is 0 Å². The van der Waals surface area contributed by atoms with Crippen molar-refractivity contribution < 1.29 is 13.9 Å². The average molecular weight is 277 g/mol. The molecule has 0 spiro atoms. The number of methoxy groups -OCH3 is 1. The van der Waals surface area contributed by atoms with Crippen LogP contribution in [0.25, 0.3) is 5.69 Å². The standard InChI is InChI=1S/C14H16FN3O2/c1-9-10(7-13(16)14(19)20-2)8-17-18(9)12-5-3-11(15)4-6-12/h3-6,8,13H,7,16H2,1-2H3. The molecule has 1 aromatic carbocycles. The number of aromatic nitrogens is 2. The Hall–Kier alpha value is -2.21. The second kappa shape index (κ2) is 5.83. The van der Waals surface area contributed by atoms with Gasteiger partial charge in [-0.1, -0.05) is 0 Å². The molecule has 0 saturated carbocycles. The summed E-state index contributed by atoms with van der Waals surface area (Å²) < 4.78 is 19.2. The van der Waals surface area contributed by atoms with Gasteiger partial charge < -0.3 is 10.5 Å². The lowest BCUT2D eigenvalue weighted by Crippen LogP contribution is -2.33. The van der Waals surface area contributed by atoms with Gasteiger partial charge in [-0.2, -0.15) is 5.10 Å². The molecule has 1 unspecified atom stereocenters. The third-order valence-corrected chi connectivity index (χ3v) is 3.13. The fourth-order valence-electron chi connectivity index (χ4n) is 1.96. The van der Waals surface area contributed by atoms with E-state index in [4.69, 9.17) is 5.73 Å². The maximum atomic E-state index is 12.9. The van der Waals surface area contributed by atoms with Crippen molar-refractivity contribution in [1.29, 1.82) is 0 Å². The van der Waals surface area contributed by atoms with Gasteiger partial charge in [0.15, 0.2) is 0 Å². The van der Waals surface area contributed by atoms with Crippen LogP contribution in [0.1, 0.15) is 11.3 Å². The molecule has 0 radical (unpaired) electrons. The number of carbonyl (C=O) groups is 1. The first-order chi connectivity index (χ1) is 9.52. The van der Waals surface area contributed by atoms with E-state index in [1.54, 1.807) is 23.0 Å². The van der Waals surface area contributed by atoms with Gasteiger partial charge in [-0.15, -0.1) is 0 Å². The number of ether oxygens (including phenoxy) is 1. The Labute approximate surface area is 116 Å². The largest absolute Gasteiger partial charge is 0.468 e. The number of nitrogens with two attached hydrogens (primary N) is 1. The predicted molar refractivity (Wildman–Crippen MR) is 72.0 cm³/mol. The monoisotopic (exact) mass is 277 g/mol. The molecule has 0 fully saturated rings. The molecule has 2 aromatic rings. The lowest BCUT2D eigenvalue weighted by molar-refractivity contribution is -0.142. The maximum absolute atomic E-state index is 12.9. The van der Waals surface area contributed by atoms with Crippen molar-refractivity contribution >= 4 is 5.97 Å². The first-order valence-corrected chi connectivity index (χ1v) is 6.15. The van der Waals surface area contributed by atoms with Crippen LogP contribution in [0.3, 0.4) is 0 Å². The quantitative estimate of drug-likeness (QED) is 0.857. The van der Waals surface area contributed by atoms with Gasteiger partial charge in [-0.25, -0.2) is 9.07 Å². The van der Waals surface area contributed by atoms with Gasteiger partial charge in [0.05, 0.1) is 19.0 Å². The van der Waals surface area contributed by atoms with E-state index in [2.05, 4.69) is 9.84 Å². The maximum Gasteiger partial charge on any atom is 0.322 e. The molecule has 0 saturated heterocycles. The van der Waals surface area contributed by atoms with Crippen LogP contribution in [0.15, 0.2) is 30.5 Å². The van der Waals surface area contributed by atoms with Crippen LogP contribution in [0.4, 0.5) is 4.39 Å². The number of esters is 1. The van der Waals surface area contributed by atoms with Crippen molar-refractivity contribution in [2.45, 2.75) is 19.4 Å². The van der Waals surface area contributed by atoms with E-state index in [0.29, 0.717) is 6.42 Å². The number of carbonyl (C=O) groups excluding carboxylic acids is 1. The average Bonchev–Trinajstić information content (AvgIpc) is 2.80. The van der Waals surface area contributed by atoms with Crippen LogP contribution in [-0.4, -0.2) is 28.9 Å². The molecule has 2 N–H and O–H groups in total. The first kappa shape index (κ1) is 14.2. The Morgan fingerprint density at radius 2 is 2.10 bits per heavy atom. The SMILES string of the molecule is COC(=O)C(N)Cc1cnn(-c2ccc(F)cc2)c1C. The van der Waals surface area contributed by atoms with Crippen LogP contribution in [0.5, 0.6) is 0 Å².